The zero-order valence-electron chi connectivity index (χ0n) is 9.90. The van der Waals surface area contributed by atoms with Crippen LogP contribution in [-0.2, 0) is 4.79 Å². The number of Topliss-reactive ketones (excluding diaryl/α,β-unsaturated/α-hetero) is 1. The van der Waals surface area contributed by atoms with Gasteiger partial charge in [-0.2, -0.15) is 0 Å². The number of carboxylic acids is 1. The molecule has 0 saturated heterocycles. The van der Waals surface area contributed by atoms with Gasteiger partial charge in [0.1, 0.15) is 5.75 Å². The summed E-state index contributed by atoms with van der Waals surface area (Å²) in [5, 5.41) is 8.81. The third kappa shape index (κ3) is 2.90. The number of carbonyl (C=O) groups excluding carboxylic acids is 1. The van der Waals surface area contributed by atoms with Gasteiger partial charge < -0.3 is 9.84 Å². The molecule has 0 unspecified atom stereocenters. The minimum Gasteiger partial charge on any atom is -0.491 e. The van der Waals surface area contributed by atoms with Gasteiger partial charge in [-0.05, 0) is 59.3 Å². The fraction of sp³-hybridized carbons (Fsp3) is 0.385. The lowest BCUT2D eigenvalue weighted by atomic mass is 10.1. The van der Waals surface area contributed by atoms with Gasteiger partial charge in [0, 0.05) is 0 Å². The van der Waals surface area contributed by atoms with Crippen LogP contribution in [0.15, 0.2) is 16.6 Å². The average molecular weight is 313 g/mol. The van der Waals surface area contributed by atoms with Gasteiger partial charge in [-0.1, -0.05) is 0 Å². The van der Waals surface area contributed by atoms with E-state index in [1.807, 2.05) is 0 Å². The number of carbonyl (C=O) groups is 2. The van der Waals surface area contributed by atoms with Gasteiger partial charge in [-0.3, -0.25) is 4.79 Å². The first kappa shape index (κ1) is 13.1. The number of ether oxygens (including phenoxy) is 1. The van der Waals surface area contributed by atoms with Gasteiger partial charge >= 0.3 is 5.97 Å². The minimum atomic E-state index is -1.47. The molecule has 1 aromatic rings. The molecule has 1 aliphatic carbocycles. The van der Waals surface area contributed by atoms with E-state index in [1.54, 1.807) is 19.1 Å². The summed E-state index contributed by atoms with van der Waals surface area (Å²) in [7, 11) is 0. The Morgan fingerprint density at radius 3 is 2.67 bits per heavy atom. The Balaban J connectivity index is 2.33. The van der Waals surface area contributed by atoms with Gasteiger partial charge in [0.25, 0.3) is 5.78 Å². The van der Waals surface area contributed by atoms with Gasteiger partial charge in [0.15, 0.2) is 0 Å². The first-order chi connectivity index (χ1) is 8.49. The third-order valence-electron chi connectivity index (χ3n) is 2.79. The molecule has 0 spiro atoms. The molecule has 1 aliphatic rings. The fourth-order valence-electron chi connectivity index (χ4n) is 1.65. The smallest absolute Gasteiger partial charge is 0.377 e. The predicted molar refractivity (Wildman–Crippen MR) is 69.1 cm³/mol. The maximum absolute atomic E-state index is 11.6. The molecule has 0 radical (unpaired) electrons. The summed E-state index contributed by atoms with van der Waals surface area (Å²) >= 11 is 3.32. The topological polar surface area (TPSA) is 63.6 Å². The van der Waals surface area contributed by atoms with Gasteiger partial charge in [0.05, 0.1) is 16.6 Å². The SMILES string of the molecule is Cc1cc(Br)c(OCC2CC2)c(C(=O)C(=O)O)c1. The van der Waals surface area contributed by atoms with Crippen LogP contribution in [0.25, 0.3) is 0 Å². The number of hydrogen-bond donors (Lipinski definition) is 1. The van der Waals surface area contributed by atoms with E-state index in [2.05, 4.69) is 15.9 Å². The molecule has 0 bridgehead atoms. The summed E-state index contributed by atoms with van der Waals surface area (Å²) < 4.78 is 6.21. The van der Waals surface area contributed by atoms with Crippen molar-refractivity contribution in [3.8, 4) is 5.75 Å². The highest BCUT2D eigenvalue weighted by Gasteiger charge is 2.26. The molecule has 0 aliphatic heterocycles. The molecule has 0 heterocycles. The number of benzene rings is 1. The standard InChI is InChI=1S/C13H13BrO4/c1-7-4-9(11(15)13(16)17)12(10(14)5-7)18-6-8-2-3-8/h4-5,8H,2-3,6H2,1H3,(H,16,17). The van der Waals surface area contributed by atoms with Crippen molar-refractivity contribution >= 4 is 27.7 Å². The van der Waals surface area contributed by atoms with Crippen molar-refractivity contribution in [2.24, 2.45) is 5.92 Å². The Kier molecular flexibility index (Phi) is 3.71. The average Bonchev–Trinajstić information content (AvgIpc) is 3.09. The number of aryl methyl sites for hydroxylation is 1. The molecule has 0 atom stereocenters. The lowest BCUT2D eigenvalue weighted by molar-refractivity contribution is -0.131. The Morgan fingerprint density at radius 2 is 2.11 bits per heavy atom. The van der Waals surface area contributed by atoms with E-state index < -0.39 is 11.8 Å². The zero-order valence-corrected chi connectivity index (χ0v) is 11.5. The highest BCUT2D eigenvalue weighted by atomic mass is 79.9. The molecule has 1 fully saturated rings. The summed E-state index contributed by atoms with van der Waals surface area (Å²) in [6, 6.07) is 3.35. The van der Waals surface area contributed by atoms with Crippen molar-refractivity contribution in [2.75, 3.05) is 6.61 Å². The fourth-order valence-corrected chi connectivity index (χ4v) is 2.33. The van der Waals surface area contributed by atoms with Crippen molar-refractivity contribution in [3.05, 3.63) is 27.7 Å². The molecular formula is C13H13BrO4. The molecule has 0 amide bonds. The van der Waals surface area contributed by atoms with Crippen LogP contribution in [0.1, 0.15) is 28.8 Å². The Labute approximate surface area is 113 Å². The summed E-state index contributed by atoms with van der Waals surface area (Å²) in [5.74, 6) is -1.54. The summed E-state index contributed by atoms with van der Waals surface area (Å²) in [6.07, 6.45) is 2.26. The Bertz CT molecular complexity index is 506. The second-order valence-electron chi connectivity index (χ2n) is 4.51. The van der Waals surface area contributed by atoms with Crippen molar-refractivity contribution in [1.29, 1.82) is 0 Å². The molecule has 18 heavy (non-hydrogen) atoms. The van der Waals surface area contributed by atoms with Crippen LogP contribution in [-0.4, -0.2) is 23.5 Å². The maximum atomic E-state index is 11.6. The van der Waals surface area contributed by atoms with E-state index in [0.717, 1.165) is 18.4 Å². The number of halogens is 1. The maximum Gasteiger partial charge on any atom is 0.377 e. The summed E-state index contributed by atoms with van der Waals surface area (Å²) in [4.78, 5) is 22.4. The molecule has 1 saturated carbocycles. The van der Waals surface area contributed by atoms with Crippen LogP contribution in [0.2, 0.25) is 0 Å². The molecule has 1 aromatic carbocycles. The van der Waals surface area contributed by atoms with Crippen LogP contribution in [0.4, 0.5) is 0 Å². The molecule has 1 N–H and O–H groups in total. The predicted octanol–water partition coefficient (Wildman–Crippen LogP) is 2.81. The second-order valence-corrected chi connectivity index (χ2v) is 5.37. The number of aliphatic carboxylic acids is 1. The summed E-state index contributed by atoms with van der Waals surface area (Å²) in [5.41, 5.74) is 0.917. The lowest BCUT2D eigenvalue weighted by Crippen LogP contribution is -2.15. The van der Waals surface area contributed by atoms with Crippen LogP contribution in [0.3, 0.4) is 0 Å². The van der Waals surface area contributed by atoms with Gasteiger partial charge in [0.2, 0.25) is 0 Å². The van der Waals surface area contributed by atoms with E-state index in [9.17, 15) is 9.59 Å². The van der Waals surface area contributed by atoms with Crippen molar-refractivity contribution < 1.29 is 19.4 Å². The molecule has 5 heteroatoms. The Morgan fingerprint density at radius 1 is 1.44 bits per heavy atom. The van der Waals surface area contributed by atoms with E-state index in [-0.39, 0.29) is 5.56 Å². The van der Waals surface area contributed by atoms with Gasteiger partial charge in [-0.15, -0.1) is 0 Å². The molecular weight excluding hydrogens is 300 g/mol. The third-order valence-corrected chi connectivity index (χ3v) is 3.38. The number of hydrogen-bond acceptors (Lipinski definition) is 3. The van der Waals surface area contributed by atoms with Crippen LogP contribution >= 0.6 is 15.9 Å². The van der Waals surface area contributed by atoms with Crippen molar-refractivity contribution in [3.63, 3.8) is 0 Å². The monoisotopic (exact) mass is 312 g/mol. The highest BCUT2D eigenvalue weighted by molar-refractivity contribution is 9.10. The quantitative estimate of drug-likeness (QED) is 0.670. The first-order valence-electron chi connectivity index (χ1n) is 5.69. The largest absolute Gasteiger partial charge is 0.491 e. The van der Waals surface area contributed by atoms with Crippen molar-refractivity contribution in [1.82, 2.24) is 0 Å². The normalized spacial score (nSPS) is 14.3. The molecule has 96 valence electrons. The summed E-state index contributed by atoms with van der Waals surface area (Å²) in [6.45, 7) is 2.33. The second kappa shape index (κ2) is 5.10. The first-order valence-corrected chi connectivity index (χ1v) is 6.49. The van der Waals surface area contributed by atoms with Gasteiger partial charge in [-0.25, -0.2) is 4.79 Å². The molecule has 2 rings (SSSR count). The van der Waals surface area contributed by atoms with Crippen LogP contribution < -0.4 is 4.74 Å². The van der Waals surface area contributed by atoms with Crippen LogP contribution in [0, 0.1) is 12.8 Å². The zero-order chi connectivity index (χ0) is 13.3. The van der Waals surface area contributed by atoms with Crippen molar-refractivity contribution in [2.45, 2.75) is 19.8 Å². The van der Waals surface area contributed by atoms with Crippen LogP contribution in [0.5, 0.6) is 5.75 Å². The number of ketones is 1. The Hall–Kier alpha value is -1.36. The van der Waals surface area contributed by atoms with E-state index in [4.69, 9.17) is 9.84 Å². The molecule has 0 aromatic heterocycles. The number of rotatable bonds is 5. The highest BCUT2D eigenvalue weighted by Crippen LogP contribution is 2.34. The number of carboxylic acid groups (broad SMARTS) is 1. The van der Waals surface area contributed by atoms with E-state index in [0.29, 0.717) is 22.7 Å². The minimum absolute atomic E-state index is 0.107. The lowest BCUT2D eigenvalue weighted by Gasteiger charge is -2.12. The van der Waals surface area contributed by atoms with E-state index >= 15 is 0 Å². The van der Waals surface area contributed by atoms with E-state index in [1.165, 1.54) is 0 Å². The molecule has 4 nitrogen and oxygen atoms in total.